The number of fused-ring (bicyclic) bond motifs is 1. The van der Waals surface area contributed by atoms with E-state index in [1.807, 2.05) is 0 Å². The Labute approximate surface area is 88.5 Å². The van der Waals surface area contributed by atoms with Crippen molar-refractivity contribution in [3.8, 4) is 0 Å². The lowest BCUT2D eigenvalue weighted by atomic mass is 10.0. The molecule has 0 bridgehead atoms. The summed E-state index contributed by atoms with van der Waals surface area (Å²) in [4.78, 5) is 10.6. The fraction of sp³-hybridized carbons (Fsp3) is 0.300. The van der Waals surface area contributed by atoms with Gasteiger partial charge in [-0.15, -0.1) is 0 Å². The third-order valence-electron chi connectivity index (χ3n) is 2.38. The van der Waals surface area contributed by atoms with E-state index in [1.165, 1.54) is 6.07 Å². The van der Waals surface area contributed by atoms with E-state index < -0.39 is 18.2 Å². The van der Waals surface area contributed by atoms with Gasteiger partial charge in [0.25, 0.3) is 0 Å². The highest BCUT2D eigenvalue weighted by Gasteiger charge is 2.45. The van der Waals surface area contributed by atoms with Crippen LogP contribution in [0.25, 0.3) is 0 Å². The van der Waals surface area contributed by atoms with Crippen LogP contribution in [0, 0.1) is 0 Å². The fourth-order valence-corrected chi connectivity index (χ4v) is 1.65. The van der Waals surface area contributed by atoms with Crippen LogP contribution in [0.2, 0.25) is 0 Å². The Balaban J connectivity index is 2.40. The second-order valence-corrected chi connectivity index (χ2v) is 3.45. The van der Waals surface area contributed by atoms with E-state index in [4.69, 9.17) is 5.11 Å². The Bertz CT molecular complexity index is 439. The molecule has 1 aromatic carbocycles. The lowest BCUT2D eigenvalue weighted by Crippen LogP contribution is -2.19. The molecule has 1 aliphatic rings. The summed E-state index contributed by atoms with van der Waals surface area (Å²) in [6, 6.07) is 3.52. The van der Waals surface area contributed by atoms with Crippen molar-refractivity contribution in [3.05, 3.63) is 34.9 Å². The van der Waals surface area contributed by atoms with Crippen LogP contribution < -0.4 is 0 Å². The molecule has 16 heavy (non-hydrogen) atoms. The van der Waals surface area contributed by atoms with Crippen molar-refractivity contribution < 1.29 is 27.8 Å². The van der Waals surface area contributed by atoms with E-state index in [9.17, 15) is 18.0 Å². The van der Waals surface area contributed by atoms with Crippen LogP contribution >= 0.6 is 0 Å². The molecule has 0 saturated heterocycles. The van der Waals surface area contributed by atoms with Crippen molar-refractivity contribution in [2.24, 2.45) is 0 Å². The van der Waals surface area contributed by atoms with Crippen LogP contribution in [0.1, 0.15) is 27.6 Å². The number of ether oxygens (including phenoxy) is 1. The first-order valence-electron chi connectivity index (χ1n) is 4.44. The van der Waals surface area contributed by atoms with Crippen LogP contribution in [-0.2, 0) is 11.3 Å². The highest BCUT2D eigenvalue weighted by Crippen LogP contribution is 2.42. The fourth-order valence-electron chi connectivity index (χ4n) is 1.65. The average Bonchev–Trinajstić information content (AvgIpc) is 2.58. The Kier molecular flexibility index (Phi) is 2.38. The Morgan fingerprint density at radius 1 is 1.44 bits per heavy atom. The Morgan fingerprint density at radius 2 is 2.12 bits per heavy atom. The van der Waals surface area contributed by atoms with Crippen LogP contribution in [0.5, 0.6) is 0 Å². The van der Waals surface area contributed by atoms with Crippen LogP contribution in [0.4, 0.5) is 13.2 Å². The summed E-state index contributed by atoms with van der Waals surface area (Å²) in [6.07, 6.45) is -6.40. The van der Waals surface area contributed by atoms with Gasteiger partial charge in [-0.05, 0) is 23.3 Å². The maximum atomic E-state index is 12.5. The summed E-state index contributed by atoms with van der Waals surface area (Å²) < 4.78 is 42.0. The molecule has 0 spiro atoms. The summed E-state index contributed by atoms with van der Waals surface area (Å²) >= 11 is 0. The van der Waals surface area contributed by atoms with Gasteiger partial charge in [0, 0.05) is 0 Å². The Morgan fingerprint density at radius 3 is 2.69 bits per heavy atom. The van der Waals surface area contributed by atoms with Crippen LogP contribution in [-0.4, -0.2) is 17.3 Å². The molecule has 86 valence electrons. The number of hydrogen-bond acceptors (Lipinski definition) is 2. The Hall–Kier alpha value is -1.56. The molecule has 2 rings (SSSR count). The van der Waals surface area contributed by atoms with Gasteiger partial charge in [0.15, 0.2) is 6.10 Å². The lowest BCUT2D eigenvalue weighted by Gasteiger charge is -2.14. The van der Waals surface area contributed by atoms with Gasteiger partial charge >= 0.3 is 12.1 Å². The number of carboxylic acid groups (broad SMARTS) is 1. The average molecular weight is 232 g/mol. The summed E-state index contributed by atoms with van der Waals surface area (Å²) in [7, 11) is 0. The van der Waals surface area contributed by atoms with Crippen molar-refractivity contribution in [1.82, 2.24) is 0 Å². The third-order valence-corrected chi connectivity index (χ3v) is 2.38. The van der Waals surface area contributed by atoms with E-state index in [0.29, 0.717) is 0 Å². The van der Waals surface area contributed by atoms with Gasteiger partial charge in [0.1, 0.15) is 0 Å². The molecule has 0 radical (unpaired) electrons. The smallest absolute Gasteiger partial charge is 0.418 e. The summed E-state index contributed by atoms with van der Waals surface area (Å²) in [5, 5.41) is 8.68. The van der Waals surface area contributed by atoms with E-state index in [-0.39, 0.29) is 23.3 Å². The number of halogens is 3. The maximum absolute atomic E-state index is 12.5. The third kappa shape index (κ3) is 1.76. The molecular weight excluding hydrogens is 225 g/mol. The van der Waals surface area contributed by atoms with Crippen LogP contribution in [0.3, 0.4) is 0 Å². The number of aromatic carboxylic acids is 1. The molecule has 1 unspecified atom stereocenters. The minimum absolute atomic E-state index is 0.00231. The summed E-state index contributed by atoms with van der Waals surface area (Å²) in [6.45, 7) is -0.208. The molecule has 0 aliphatic carbocycles. The van der Waals surface area contributed by atoms with Gasteiger partial charge in [-0.25, -0.2) is 4.79 Å². The lowest BCUT2D eigenvalue weighted by molar-refractivity contribution is -0.219. The number of benzene rings is 1. The first-order chi connectivity index (χ1) is 7.39. The molecule has 6 heteroatoms. The minimum Gasteiger partial charge on any atom is -0.478 e. The topological polar surface area (TPSA) is 46.5 Å². The van der Waals surface area contributed by atoms with Gasteiger partial charge in [-0.2, -0.15) is 13.2 Å². The number of alkyl halides is 3. The van der Waals surface area contributed by atoms with E-state index in [2.05, 4.69) is 4.74 Å². The zero-order chi connectivity index (χ0) is 11.9. The quantitative estimate of drug-likeness (QED) is 0.809. The molecular formula is C10H7F3O3. The van der Waals surface area contributed by atoms with E-state index in [0.717, 1.165) is 12.1 Å². The summed E-state index contributed by atoms with van der Waals surface area (Å²) in [5.74, 6) is -1.17. The minimum atomic E-state index is -4.46. The summed E-state index contributed by atoms with van der Waals surface area (Å²) in [5.41, 5.74) is 0.241. The molecule has 0 aromatic heterocycles. The van der Waals surface area contributed by atoms with Gasteiger partial charge in [-0.1, -0.05) is 6.07 Å². The molecule has 1 aromatic rings. The SMILES string of the molecule is O=C(O)c1ccc2c(c1)COC2C(F)(F)F. The molecule has 1 aliphatic heterocycles. The molecule has 0 amide bonds. The van der Waals surface area contributed by atoms with Crippen molar-refractivity contribution in [2.45, 2.75) is 18.9 Å². The monoisotopic (exact) mass is 232 g/mol. The van der Waals surface area contributed by atoms with E-state index in [1.54, 1.807) is 0 Å². The zero-order valence-corrected chi connectivity index (χ0v) is 7.91. The van der Waals surface area contributed by atoms with Crippen molar-refractivity contribution in [2.75, 3.05) is 0 Å². The van der Waals surface area contributed by atoms with Crippen LogP contribution in [0.15, 0.2) is 18.2 Å². The number of carbonyl (C=O) groups is 1. The number of carboxylic acids is 1. The van der Waals surface area contributed by atoms with Gasteiger partial charge in [0.2, 0.25) is 0 Å². The highest BCUT2D eigenvalue weighted by molar-refractivity contribution is 5.88. The van der Waals surface area contributed by atoms with Crippen molar-refractivity contribution in [1.29, 1.82) is 0 Å². The molecule has 1 atom stereocenters. The van der Waals surface area contributed by atoms with Crippen molar-refractivity contribution in [3.63, 3.8) is 0 Å². The standard InChI is InChI=1S/C10H7F3O3/c11-10(12,13)8-7-2-1-5(9(14)15)3-6(7)4-16-8/h1-3,8H,4H2,(H,14,15). The highest BCUT2D eigenvalue weighted by atomic mass is 19.4. The largest absolute Gasteiger partial charge is 0.478 e. The zero-order valence-electron chi connectivity index (χ0n) is 7.91. The molecule has 0 saturated carbocycles. The molecule has 1 N–H and O–H groups in total. The predicted octanol–water partition coefficient (Wildman–Crippen LogP) is 2.52. The second-order valence-electron chi connectivity index (χ2n) is 3.45. The number of rotatable bonds is 1. The predicted molar refractivity (Wildman–Crippen MR) is 47.0 cm³/mol. The normalized spacial score (nSPS) is 19.6. The second kappa shape index (κ2) is 3.48. The number of hydrogen-bond donors (Lipinski definition) is 1. The van der Waals surface area contributed by atoms with Crippen molar-refractivity contribution >= 4 is 5.97 Å². The first-order valence-corrected chi connectivity index (χ1v) is 4.44. The molecule has 1 heterocycles. The maximum Gasteiger partial charge on any atom is 0.418 e. The van der Waals surface area contributed by atoms with Gasteiger partial charge < -0.3 is 9.84 Å². The first kappa shape index (κ1) is 10.9. The molecule has 3 nitrogen and oxygen atoms in total. The van der Waals surface area contributed by atoms with E-state index >= 15 is 0 Å². The van der Waals surface area contributed by atoms with Gasteiger partial charge in [0.05, 0.1) is 12.2 Å². The molecule has 0 fully saturated rings. The van der Waals surface area contributed by atoms with Gasteiger partial charge in [-0.3, -0.25) is 0 Å².